The molecule has 1 fully saturated rings. The van der Waals surface area contributed by atoms with Crippen molar-refractivity contribution in [2.75, 3.05) is 5.75 Å². The van der Waals surface area contributed by atoms with E-state index in [-0.39, 0.29) is 18.0 Å². The topological polar surface area (TPSA) is 112 Å². The van der Waals surface area contributed by atoms with Crippen molar-refractivity contribution in [2.24, 2.45) is 0 Å². The van der Waals surface area contributed by atoms with Crippen LogP contribution >= 0.6 is 23.5 Å². The van der Waals surface area contributed by atoms with Gasteiger partial charge in [0.15, 0.2) is 5.16 Å². The summed E-state index contributed by atoms with van der Waals surface area (Å²) in [5.74, 6) is -1.48. The quantitative estimate of drug-likeness (QED) is 0.515. The number of aryl methyl sites for hydroxylation is 1. The van der Waals surface area contributed by atoms with Crippen LogP contribution in [0.2, 0.25) is 0 Å². The van der Waals surface area contributed by atoms with Gasteiger partial charge in [0.25, 0.3) is 5.91 Å². The zero-order valence-corrected chi connectivity index (χ0v) is 17.6. The van der Waals surface area contributed by atoms with Gasteiger partial charge in [-0.15, -0.1) is 11.8 Å². The predicted octanol–water partition coefficient (Wildman–Crippen LogP) is 1.82. The highest BCUT2D eigenvalue weighted by Gasteiger charge is 2.54. The van der Waals surface area contributed by atoms with Gasteiger partial charge >= 0.3 is 5.97 Å². The molecule has 1 saturated heterocycles. The second-order valence-corrected chi connectivity index (χ2v) is 8.94. The Morgan fingerprint density at radius 3 is 2.77 bits per heavy atom. The minimum Gasteiger partial charge on any atom is -0.477 e. The fourth-order valence-electron chi connectivity index (χ4n) is 3.26. The highest BCUT2D eigenvalue weighted by molar-refractivity contribution is 8.06. The number of carboxylic acids is 1. The van der Waals surface area contributed by atoms with Crippen LogP contribution in [0.15, 0.2) is 58.4 Å². The molecule has 154 valence electrons. The summed E-state index contributed by atoms with van der Waals surface area (Å²) in [5, 5.41) is 12.5. The first kappa shape index (κ1) is 20.4. The third-order valence-electron chi connectivity index (χ3n) is 4.65. The number of hydrogen-bond donors (Lipinski definition) is 2. The van der Waals surface area contributed by atoms with E-state index < -0.39 is 23.3 Å². The molecule has 2 aliphatic heterocycles. The summed E-state index contributed by atoms with van der Waals surface area (Å²) in [7, 11) is 0. The lowest BCUT2D eigenvalue weighted by Gasteiger charge is -2.49. The van der Waals surface area contributed by atoms with Crippen LogP contribution < -0.4 is 5.32 Å². The highest BCUT2D eigenvalue weighted by atomic mass is 32.2. The maximum absolute atomic E-state index is 12.7. The summed E-state index contributed by atoms with van der Waals surface area (Å²) < 4.78 is 0. The van der Waals surface area contributed by atoms with Crippen molar-refractivity contribution in [1.82, 2.24) is 20.2 Å². The van der Waals surface area contributed by atoms with Crippen molar-refractivity contribution in [1.29, 1.82) is 0 Å². The van der Waals surface area contributed by atoms with E-state index in [0.717, 1.165) is 23.0 Å². The molecule has 0 bridgehead atoms. The Balaban J connectivity index is 1.49. The van der Waals surface area contributed by atoms with Crippen LogP contribution in [0.5, 0.6) is 0 Å². The Morgan fingerprint density at radius 2 is 2.07 bits per heavy atom. The van der Waals surface area contributed by atoms with Crippen molar-refractivity contribution in [3.63, 3.8) is 0 Å². The van der Waals surface area contributed by atoms with Crippen molar-refractivity contribution in [2.45, 2.75) is 29.9 Å². The number of carboxylic acid groups (broad SMARTS) is 1. The number of nitrogens with zero attached hydrogens (tertiary/aromatic N) is 3. The molecule has 2 N–H and O–H groups in total. The number of fused-ring (bicyclic) bond motifs is 1. The van der Waals surface area contributed by atoms with Crippen LogP contribution in [-0.4, -0.2) is 54.9 Å². The number of nitrogens with one attached hydrogen (secondary N) is 1. The maximum Gasteiger partial charge on any atom is 0.353 e. The Labute approximate surface area is 181 Å². The van der Waals surface area contributed by atoms with Crippen LogP contribution in [0.1, 0.15) is 11.3 Å². The number of carbonyl (C=O) groups excluding carboxylic acids is 2. The largest absolute Gasteiger partial charge is 0.477 e. The first-order chi connectivity index (χ1) is 14.4. The molecular weight excluding hydrogens is 424 g/mol. The summed E-state index contributed by atoms with van der Waals surface area (Å²) >= 11 is 2.57. The number of aromatic nitrogens is 2. The van der Waals surface area contributed by atoms with Gasteiger partial charge in [-0.1, -0.05) is 42.1 Å². The number of amides is 2. The Hall–Kier alpha value is -2.85. The second-order valence-electron chi connectivity index (χ2n) is 6.78. The normalized spacial score (nSPS) is 20.4. The van der Waals surface area contributed by atoms with E-state index in [4.69, 9.17) is 0 Å². The van der Waals surface area contributed by atoms with Crippen LogP contribution in [0, 0.1) is 6.92 Å². The van der Waals surface area contributed by atoms with Gasteiger partial charge in [-0.05, 0) is 18.6 Å². The molecule has 4 rings (SSSR count). The van der Waals surface area contributed by atoms with E-state index in [1.165, 1.54) is 16.7 Å². The van der Waals surface area contributed by atoms with E-state index in [9.17, 15) is 19.5 Å². The molecule has 1 unspecified atom stereocenters. The molecule has 0 radical (unpaired) electrons. The SMILES string of the molecule is Cc1ccnc(SC2=C(C(=O)O)N3C(=O)C(NC(=O)Cc4ccccc4)[C@H]3SC2)n1. The van der Waals surface area contributed by atoms with Gasteiger partial charge in [-0.25, -0.2) is 14.8 Å². The lowest BCUT2D eigenvalue weighted by Crippen LogP contribution is -2.70. The van der Waals surface area contributed by atoms with E-state index in [2.05, 4.69) is 15.3 Å². The van der Waals surface area contributed by atoms with Crippen molar-refractivity contribution in [3.8, 4) is 0 Å². The number of hydrogen-bond acceptors (Lipinski definition) is 7. The first-order valence-corrected chi connectivity index (χ1v) is 11.0. The van der Waals surface area contributed by atoms with Gasteiger partial charge in [0.2, 0.25) is 5.91 Å². The van der Waals surface area contributed by atoms with Crippen LogP contribution in [0.4, 0.5) is 0 Å². The van der Waals surface area contributed by atoms with Gasteiger partial charge in [0, 0.05) is 22.5 Å². The van der Waals surface area contributed by atoms with Crippen LogP contribution in [0.3, 0.4) is 0 Å². The van der Waals surface area contributed by atoms with Crippen molar-refractivity contribution in [3.05, 3.63) is 64.5 Å². The molecule has 8 nitrogen and oxygen atoms in total. The van der Waals surface area contributed by atoms with E-state index in [0.29, 0.717) is 15.8 Å². The minimum absolute atomic E-state index is 0.0626. The third-order valence-corrected chi connectivity index (χ3v) is 7.07. The van der Waals surface area contributed by atoms with Crippen molar-refractivity contribution < 1.29 is 19.5 Å². The molecule has 2 aromatic rings. The molecule has 0 spiro atoms. The lowest BCUT2D eigenvalue weighted by molar-refractivity contribution is -0.150. The average Bonchev–Trinajstić information content (AvgIpc) is 2.72. The summed E-state index contributed by atoms with van der Waals surface area (Å²) in [6, 6.07) is 10.3. The standard InChI is InChI=1S/C20H18N4O4S2/c1-11-7-8-21-20(22-11)30-13-10-29-18-15(17(26)24(18)16(13)19(27)28)23-14(25)9-12-5-3-2-4-6-12/h2-8,15,18H,9-10H2,1H3,(H,23,25)(H,27,28)/t15?,18-/m1/s1. The average molecular weight is 443 g/mol. The van der Waals surface area contributed by atoms with Crippen LogP contribution in [-0.2, 0) is 20.8 Å². The minimum atomic E-state index is -1.18. The molecule has 30 heavy (non-hydrogen) atoms. The molecule has 1 aromatic heterocycles. The monoisotopic (exact) mass is 442 g/mol. The molecule has 1 aromatic carbocycles. The number of β-lactam (4-membered cyclic amide) rings is 1. The van der Waals surface area contributed by atoms with Crippen molar-refractivity contribution >= 4 is 41.3 Å². The Morgan fingerprint density at radius 1 is 1.30 bits per heavy atom. The smallest absolute Gasteiger partial charge is 0.353 e. The van der Waals surface area contributed by atoms with Gasteiger partial charge in [0.1, 0.15) is 17.1 Å². The molecule has 2 aliphatic rings. The molecular formula is C20H18N4O4S2. The van der Waals surface area contributed by atoms with Crippen LogP contribution in [0.25, 0.3) is 0 Å². The fourth-order valence-corrected chi connectivity index (χ4v) is 5.70. The molecule has 0 saturated carbocycles. The van der Waals surface area contributed by atoms with E-state index in [1.54, 1.807) is 12.3 Å². The summed E-state index contributed by atoms with van der Waals surface area (Å²) in [6.45, 7) is 1.82. The first-order valence-electron chi connectivity index (χ1n) is 9.16. The van der Waals surface area contributed by atoms with Gasteiger partial charge in [0.05, 0.1) is 6.42 Å². The van der Waals surface area contributed by atoms with E-state index >= 15 is 0 Å². The highest BCUT2D eigenvalue weighted by Crippen LogP contribution is 2.44. The van der Waals surface area contributed by atoms with E-state index in [1.807, 2.05) is 37.3 Å². The molecule has 10 heteroatoms. The Bertz CT molecular complexity index is 1040. The van der Waals surface area contributed by atoms with Gasteiger partial charge in [-0.2, -0.15) is 0 Å². The number of benzene rings is 1. The zero-order chi connectivity index (χ0) is 21.3. The summed E-state index contributed by atoms with van der Waals surface area (Å²) in [4.78, 5) is 47.2. The number of carbonyl (C=O) groups is 3. The Kier molecular flexibility index (Phi) is 5.78. The zero-order valence-electron chi connectivity index (χ0n) is 15.9. The predicted molar refractivity (Wildman–Crippen MR) is 112 cm³/mol. The fraction of sp³-hybridized carbons (Fsp3) is 0.250. The molecule has 3 heterocycles. The molecule has 2 atom stereocenters. The van der Waals surface area contributed by atoms with Gasteiger partial charge < -0.3 is 10.4 Å². The van der Waals surface area contributed by atoms with Gasteiger partial charge in [-0.3, -0.25) is 14.5 Å². The number of rotatable bonds is 6. The third kappa shape index (κ3) is 4.05. The summed E-state index contributed by atoms with van der Waals surface area (Å²) in [5.41, 5.74) is 1.55. The molecule has 2 amide bonds. The number of thioether (sulfide) groups is 2. The maximum atomic E-state index is 12.7. The second kappa shape index (κ2) is 8.49. The summed E-state index contributed by atoms with van der Waals surface area (Å²) in [6.07, 6.45) is 1.77. The molecule has 0 aliphatic carbocycles. The number of aliphatic carboxylic acids is 1. The lowest BCUT2D eigenvalue weighted by atomic mass is 10.0.